The van der Waals surface area contributed by atoms with Crippen LogP contribution in [0.25, 0.3) is 0 Å². The highest BCUT2D eigenvalue weighted by molar-refractivity contribution is 5.74. The number of carboxylic acid groups (broad SMARTS) is 1. The highest BCUT2D eigenvalue weighted by Gasteiger charge is 2.37. The van der Waals surface area contributed by atoms with Crippen molar-refractivity contribution < 1.29 is 19.8 Å². The molecule has 1 fully saturated rings. The van der Waals surface area contributed by atoms with Gasteiger partial charge in [0.1, 0.15) is 0 Å². The second-order valence-corrected chi connectivity index (χ2v) is 7.47. The van der Waals surface area contributed by atoms with E-state index in [1.807, 2.05) is 0 Å². The first-order valence-corrected chi connectivity index (χ1v) is 8.08. The predicted octanol–water partition coefficient (Wildman–Crippen LogP) is 2.12. The summed E-state index contributed by atoms with van der Waals surface area (Å²) in [7, 11) is 0. The van der Waals surface area contributed by atoms with E-state index in [1.165, 1.54) is 0 Å². The predicted molar refractivity (Wildman–Crippen MR) is 84.6 cm³/mol. The molecule has 128 valence electrons. The lowest BCUT2D eigenvalue weighted by atomic mass is 9.68. The minimum Gasteiger partial charge on any atom is -0.481 e. The summed E-state index contributed by atoms with van der Waals surface area (Å²) in [6.45, 7) is 7.25. The fourth-order valence-corrected chi connectivity index (χ4v) is 2.95. The minimum absolute atomic E-state index is 0.0401. The molecule has 6 heteroatoms. The zero-order valence-electron chi connectivity index (χ0n) is 13.9. The first-order chi connectivity index (χ1) is 10.1. The van der Waals surface area contributed by atoms with Crippen molar-refractivity contribution >= 4 is 12.0 Å². The monoisotopic (exact) mass is 314 g/mol. The molecule has 0 aromatic heterocycles. The molecule has 22 heavy (non-hydrogen) atoms. The smallest absolute Gasteiger partial charge is 0.314 e. The Kier molecular flexibility index (Phi) is 6.66. The van der Waals surface area contributed by atoms with Gasteiger partial charge in [0.2, 0.25) is 0 Å². The van der Waals surface area contributed by atoms with E-state index in [0.29, 0.717) is 31.7 Å². The number of hydrogen-bond donors (Lipinski definition) is 4. The summed E-state index contributed by atoms with van der Waals surface area (Å²) in [6.07, 6.45) is 3.80. The van der Waals surface area contributed by atoms with E-state index < -0.39 is 11.6 Å². The van der Waals surface area contributed by atoms with Gasteiger partial charge in [0.15, 0.2) is 0 Å². The number of nitrogens with one attached hydrogen (secondary N) is 2. The van der Waals surface area contributed by atoms with Crippen LogP contribution in [0.2, 0.25) is 0 Å². The van der Waals surface area contributed by atoms with Crippen LogP contribution in [0.3, 0.4) is 0 Å². The maximum absolute atomic E-state index is 11.6. The molecule has 0 aromatic rings. The second-order valence-electron chi connectivity index (χ2n) is 7.47. The zero-order chi connectivity index (χ0) is 16.8. The van der Waals surface area contributed by atoms with Crippen molar-refractivity contribution in [1.29, 1.82) is 0 Å². The summed E-state index contributed by atoms with van der Waals surface area (Å²) < 4.78 is 0. The van der Waals surface area contributed by atoms with E-state index >= 15 is 0 Å². The third-order valence-electron chi connectivity index (χ3n) is 4.57. The summed E-state index contributed by atoms with van der Waals surface area (Å²) >= 11 is 0. The lowest BCUT2D eigenvalue weighted by molar-refractivity contribution is -0.137. The number of urea groups is 1. The van der Waals surface area contributed by atoms with Crippen LogP contribution in [0.5, 0.6) is 0 Å². The summed E-state index contributed by atoms with van der Waals surface area (Å²) in [5.74, 6) is -0.259. The first-order valence-electron chi connectivity index (χ1n) is 8.08. The number of carboxylic acids is 1. The van der Waals surface area contributed by atoms with Gasteiger partial charge in [0, 0.05) is 19.5 Å². The van der Waals surface area contributed by atoms with Gasteiger partial charge < -0.3 is 20.8 Å². The Balaban J connectivity index is 2.24. The Labute approximate surface area is 132 Å². The van der Waals surface area contributed by atoms with Gasteiger partial charge in [-0.1, -0.05) is 20.8 Å². The van der Waals surface area contributed by atoms with E-state index in [1.54, 1.807) is 0 Å². The Hall–Kier alpha value is -1.30. The number of amides is 2. The van der Waals surface area contributed by atoms with E-state index in [2.05, 4.69) is 31.4 Å². The molecule has 0 atom stereocenters. The molecule has 6 nitrogen and oxygen atoms in total. The fraction of sp³-hybridized carbons (Fsp3) is 0.875. The van der Waals surface area contributed by atoms with Crippen molar-refractivity contribution in [3.05, 3.63) is 0 Å². The van der Waals surface area contributed by atoms with E-state index in [0.717, 1.165) is 12.8 Å². The number of carbonyl (C=O) groups is 2. The molecule has 1 saturated carbocycles. The molecule has 1 aliphatic rings. The molecule has 1 aliphatic carbocycles. The highest BCUT2D eigenvalue weighted by Crippen LogP contribution is 2.41. The largest absolute Gasteiger partial charge is 0.481 e. The van der Waals surface area contributed by atoms with Crippen LogP contribution >= 0.6 is 0 Å². The van der Waals surface area contributed by atoms with E-state index in [4.69, 9.17) is 5.11 Å². The molecule has 0 aliphatic heterocycles. The van der Waals surface area contributed by atoms with Gasteiger partial charge in [0.05, 0.1) is 5.60 Å². The number of rotatable bonds is 6. The summed E-state index contributed by atoms with van der Waals surface area (Å²) in [4.78, 5) is 22.0. The van der Waals surface area contributed by atoms with Crippen LogP contribution in [0.1, 0.15) is 59.3 Å². The Morgan fingerprint density at radius 2 is 1.77 bits per heavy atom. The average Bonchev–Trinajstić information content (AvgIpc) is 2.41. The van der Waals surface area contributed by atoms with Crippen molar-refractivity contribution in [3.8, 4) is 0 Å². The standard InChI is InChI=1S/C16H30N2O4/c1-15(2,3)12-6-8-16(22,9-7-12)11-18-14(21)17-10-4-5-13(19)20/h12,22H,4-11H2,1-3H3,(H,19,20)(H2,17,18,21). The number of aliphatic carboxylic acids is 1. The van der Waals surface area contributed by atoms with Gasteiger partial charge in [-0.2, -0.15) is 0 Å². The van der Waals surface area contributed by atoms with Gasteiger partial charge in [-0.25, -0.2) is 4.79 Å². The van der Waals surface area contributed by atoms with Crippen molar-refractivity contribution in [1.82, 2.24) is 10.6 Å². The Bertz CT molecular complexity index is 382. The molecular weight excluding hydrogens is 284 g/mol. The van der Waals surface area contributed by atoms with Crippen LogP contribution in [0, 0.1) is 11.3 Å². The molecule has 2 amide bonds. The molecule has 4 N–H and O–H groups in total. The Morgan fingerprint density at radius 1 is 1.18 bits per heavy atom. The normalized spacial score (nSPS) is 25.5. The minimum atomic E-state index is -0.868. The van der Waals surface area contributed by atoms with Gasteiger partial charge in [0.25, 0.3) is 0 Å². The van der Waals surface area contributed by atoms with Crippen molar-refractivity contribution in [3.63, 3.8) is 0 Å². The lowest BCUT2D eigenvalue weighted by Crippen LogP contribution is -2.49. The molecule has 0 aromatic carbocycles. The van der Waals surface area contributed by atoms with E-state index in [9.17, 15) is 14.7 Å². The average molecular weight is 314 g/mol. The maximum atomic E-state index is 11.6. The molecule has 0 unspecified atom stereocenters. The SMILES string of the molecule is CC(C)(C)C1CCC(O)(CNC(=O)NCCCC(=O)O)CC1. The quantitative estimate of drug-likeness (QED) is 0.564. The van der Waals surface area contributed by atoms with Gasteiger partial charge in [-0.3, -0.25) is 4.79 Å². The fourth-order valence-electron chi connectivity index (χ4n) is 2.95. The molecule has 0 bridgehead atoms. The topological polar surface area (TPSA) is 98.7 Å². The van der Waals surface area contributed by atoms with Crippen molar-refractivity contribution in [2.45, 2.75) is 64.9 Å². The number of aliphatic hydroxyl groups is 1. The van der Waals surface area contributed by atoms with Crippen LogP contribution in [0.15, 0.2) is 0 Å². The Morgan fingerprint density at radius 3 is 2.27 bits per heavy atom. The highest BCUT2D eigenvalue weighted by atomic mass is 16.4. The third-order valence-corrected chi connectivity index (χ3v) is 4.57. The third kappa shape index (κ3) is 6.64. The van der Waals surface area contributed by atoms with Gasteiger partial charge in [-0.15, -0.1) is 0 Å². The maximum Gasteiger partial charge on any atom is 0.314 e. The van der Waals surface area contributed by atoms with Gasteiger partial charge >= 0.3 is 12.0 Å². The van der Waals surface area contributed by atoms with Crippen molar-refractivity contribution in [2.75, 3.05) is 13.1 Å². The van der Waals surface area contributed by atoms with Crippen molar-refractivity contribution in [2.24, 2.45) is 11.3 Å². The first kappa shape index (κ1) is 18.7. The van der Waals surface area contributed by atoms with E-state index in [-0.39, 0.29) is 24.4 Å². The molecule has 0 saturated heterocycles. The van der Waals surface area contributed by atoms with Crippen LogP contribution < -0.4 is 10.6 Å². The molecule has 0 radical (unpaired) electrons. The number of carbonyl (C=O) groups excluding carboxylic acids is 1. The lowest BCUT2D eigenvalue weighted by Gasteiger charge is -2.41. The molecule has 1 rings (SSSR count). The summed E-state index contributed by atoms with van der Waals surface area (Å²) in [6, 6.07) is -0.350. The second kappa shape index (κ2) is 7.81. The summed E-state index contributed by atoms with van der Waals surface area (Å²) in [5, 5.41) is 24.3. The molecule has 0 spiro atoms. The molecular formula is C16H30N2O4. The zero-order valence-corrected chi connectivity index (χ0v) is 13.9. The number of hydrogen-bond acceptors (Lipinski definition) is 3. The van der Waals surface area contributed by atoms with Crippen LogP contribution in [-0.2, 0) is 4.79 Å². The van der Waals surface area contributed by atoms with Gasteiger partial charge in [-0.05, 0) is 43.4 Å². The summed E-state index contributed by atoms with van der Waals surface area (Å²) in [5.41, 5.74) is -0.559. The molecule has 0 heterocycles. The van der Waals surface area contributed by atoms with Crippen LogP contribution in [-0.4, -0.2) is 40.9 Å². The van der Waals surface area contributed by atoms with Crippen LogP contribution in [0.4, 0.5) is 4.79 Å².